The van der Waals surface area contributed by atoms with Crippen molar-refractivity contribution in [3.8, 4) is 11.5 Å². The molecule has 1 N–H and O–H groups in total. The predicted octanol–water partition coefficient (Wildman–Crippen LogP) is 1.63. The van der Waals surface area contributed by atoms with Crippen molar-refractivity contribution in [3.63, 3.8) is 0 Å². The van der Waals surface area contributed by atoms with Gasteiger partial charge >= 0.3 is 0 Å². The molecule has 142 valence electrons. The first kappa shape index (κ1) is 18.5. The largest absolute Gasteiger partial charge is 0.493 e. The predicted molar refractivity (Wildman–Crippen MR) is 102 cm³/mol. The molecule has 0 unspecified atom stereocenters. The fourth-order valence-electron chi connectivity index (χ4n) is 2.91. The lowest BCUT2D eigenvalue weighted by Crippen LogP contribution is -2.46. The summed E-state index contributed by atoms with van der Waals surface area (Å²) in [5, 5.41) is 2.86. The van der Waals surface area contributed by atoms with E-state index in [1.54, 1.807) is 55.6 Å². The second kappa shape index (κ2) is 8.39. The van der Waals surface area contributed by atoms with Gasteiger partial charge in [0.15, 0.2) is 11.5 Å². The smallest absolute Gasteiger partial charge is 0.255 e. The number of pyridine rings is 1. The normalized spacial score (nSPS) is 13.9. The van der Waals surface area contributed by atoms with Crippen molar-refractivity contribution in [2.45, 2.75) is 0 Å². The summed E-state index contributed by atoms with van der Waals surface area (Å²) >= 11 is 0. The van der Waals surface area contributed by atoms with Gasteiger partial charge in [0.25, 0.3) is 5.91 Å². The van der Waals surface area contributed by atoms with Crippen LogP contribution in [0.15, 0.2) is 36.5 Å². The zero-order valence-electron chi connectivity index (χ0n) is 15.3. The summed E-state index contributed by atoms with van der Waals surface area (Å²) in [6, 6.07) is 8.62. The van der Waals surface area contributed by atoms with Crippen LogP contribution in [-0.4, -0.2) is 62.6 Å². The highest BCUT2D eigenvalue weighted by Gasteiger charge is 2.18. The molecule has 0 bridgehead atoms. The lowest BCUT2D eigenvalue weighted by Gasteiger charge is -2.33. The van der Waals surface area contributed by atoms with E-state index in [1.165, 1.54) is 0 Å². The van der Waals surface area contributed by atoms with E-state index < -0.39 is 0 Å². The molecule has 2 heterocycles. The summed E-state index contributed by atoms with van der Waals surface area (Å²) in [6.45, 7) is 2.67. The number of hydrogen-bond donors (Lipinski definition) is 1. The van der Waals surface area contributed by atoms with Gasteiger partial charge < -0.3 is 24.6 Å². The van der Waals surface area contributed by atoms with Crippen LogP contribution in [0.1, 0.15) is 10.4 Å². The highest BCUT2D eigenvalue weighted by atomic mass is 16.5. The molecule has 0 spiro atoms. The molecule has 1 saturated heterocycles. The number of ether oxygens (including phenoxy) is 2. The van der Waals surface area contributed by atoms with Crippen LogP contribution >= 0.6 is 0 Å². The number of amides is 2. The standard InChI is InChI=1S/C19H22N4O4/c1-26-16-4-3-15(12-17(16)27-2)21-19(25)14-5-6-20-18(11-14)23-9-7-22(13-24)8-10-23/h3-6,11-13H,7-10H2,1-2H3,(H,21,25). The summed E-state index contributed by atoms with van der Waals surface area (Å²) in [6.07, 6.45) is 2.47. The van der Waals surface area contributed by atoms with Crippen LogP contribution in [0.5, 0.6) is 11.5 Å². The van der Waals surface area contributed by atoms with Crippen molar-refractivity contribution in [2.24, 2.45) is 0 Å². The molecule has 1 aromatic heterocycles. The Morgan fingerprint density at radius 2 is 1.81 bits per heavy atom. The van der Waals surface area contributed by atoms with Crippen molar-refractivity contribution >= 4 is 23.8 Å². The number of anilines is 2. The summed E-state index contributed by atoms with van der Waals surface area (Å²) in [5.74, 6) is 1.62. The maximum atomic E-state index is 12.6. The number of aromatic nitrogens is 1. The van der Waals surface area contributed by atoms with Gasteiger partial charge in [0.1, 0.15) is 5.82 Å². The average Bonchev–Trinajstić information content (AvgIpc) is 2.73. The molecular formula is C19H22N4O4. The Balaban J connectivity index is 1.71. The molecule has 8 heteroatoms. The number of benzene rings is 1. The Morgan fingerprint density at radius 3 is 2.48 bits per heavy atom. The van der Waals surface area contributed by atoms with Crippen LogP contribution < -0.4 is 19.7 Å². The molecule has 2 aromatic rings. The first-order valence-corrected chi connectivity index (χ1v) is 8.58. The first-order chi connectivity index (χ1) is 13.1. The fraction of sp³-hybridized carbons (Fsp3) is 0.316. The van der Waals surface area contributed by atoms with Gasteiger partial charge in [-0.05, 0) is 24.3 Å². The van der Waals surface area contributed by atoms with Crippen LogP contribution in [0.2, 0.25) is 0 Å². The molecule has 27 heavy (non-hydrogen) atoms. The number of rotatable bonds is 6. The van der Waals surface area contributed by atoms with Gasteiger partial charge in [-0.3, -0.25) is 9.59 Å². The summed E-state index contributed by atoms with van der Waals surface area (Å²) < 4.78 is 10.5. The lowest BCUT2D eigenvalue weighted by molar-refractivity contribution is -0.118. The van der Waals surface area contributed by atoms with Crippen molar-refractivity contribution in [1.29, 1.82) is 0 Å². The average molecular weight is 370 g/mol. The minimum absolute atomic E-state index is 0.239. The molecule has 0 atom stereocenters. The first-order valence-electron chi connectivity index (χ1n) is 8.58. The van der Waals surface area contributed by atoms with Gasteiger partial charge in [-0.2, -0.15) is 0 Å². The van der Waals surface area contributed by atoms with Crippen molar-refractivity contribution in [1.82, 2.24) is 9.88 Å². The minimum Gasteiger partial charge on any atom is -0.493 e. The Kier molecular flexibility index (Phi) is 5.75. The number of piperazine rings is 1. The summed E-state index contributed by atoms with van der Waals surface area (Å²) in [4.78, 5) is 31.6. The second-order valence-corrected chi connectivity index (χ2v) is 6.06. The van der Waals surface area contributed by atoms with Crippen LogP contribution in [0.4, 0.5) is 11.5 Å². The van der Waals surface area contributed by atoms with Crippen molar-refractivity contribution < 1.29 is 19.1 Å². The molecule has 1 aromatic carbocycles. The lowest BCUT2D eigenvalue weighted by atomic mass is 10.2. The molecule has 0 aliphatic carbocycles. The van der Waals surface area contributed by atoms with Crippen LogP contribution in [0.3, 0.4) is 0 Å². The summed E-state index contributed by atoms with van der Waals surface area (Å²) in [5.41, 5.74) is 1.11. The van der Waals surface area contributed by atoms with E-state index in [0.29, 0.717) is 48.9 Å². The van der Waals surface area contributed by atoms with E-state index >= 15 is 0 Å². The number of hydrogen-bond acceptors (Lipinski definition) is 6. The van der Waals surface area contributed by atoms with Gasteiger partial charge in [0.2, 0.25) is 6.41 Å². The van der Waals surface area contributed by atoms with Crippen LogP contribution in [0.25, 0.3) is 0 Å². The van der Waals surface area contributed by atoms with Crippen molar-refractivity contribution in [2.75, 3.05) is 50.6 Å². The quantitative estimate of drug-likeness (QED) is 0.778. The number of methoxy groups -OCH3 is 2. The number of nitrogens with zero attached hydrogens (tertiary/aromatic N) is 3. The Bertz CT molecular complexity index is 819. The van der Waals surface area contributed by atoms with E-state index in [4.69, 9.17) is 9.47 Å². The SMILES string of the molecule is COc1ccc(NC(=O)c2ccnc(N3CCN(C=O)CC3)c2)cc1OC. The molecular weight excluding hydrogens is 348 g/mol. The molecule has 2 amide bonds. The highest BCUT2D eigenvalue weighted by Crippen LogP contribution is 2.30. The molecule has 8 nitrogen and oxygen atoms in total. The number of carbonyl (C=O) groups excluding carboxylic acids is 2. The zero-order valence-corrected chi connectivity index (χ0v) is 15.3. The van der Waals surface area contributed by atoms with Gasteiger partial charge in [0.05, 0.1) is 14.2 Å². The van der Waals surface area contributed by atoms with Crippen LogP contribution in [-0.2, 0) is 4.79 Å². The van der Waals surface area contributed by atoms with E-state index in [-0.39, 0.29) is 5.91 Å². The Morgan fingerprint density at radius 1 is 1.07 bits per heavy atom. The number of nitrogens with one attached hydrogen (secondary N) is 1. The molecule has 1 aliphatic rings. The minimum atomic E-state index is -0.239. The third kappa shape index (κ3) is 4.28. The molecule has 0 saturated carbocycles. The van der Waals surface area contributed by atoms with Gasteiger partial charge in [-0.1, -0.05) is 0 Å². The summed E-state index contributed by atoms with van der Waals surface area (Å²) in [7, 11) is 3.10. The van der Waals surface area contributed by atoms with E-state index in [1.807, 2.05) is 0 Å². The Hall–Kier alpha value is -3.29. The maximum Gasteiger partial charge on any atom is 0.255 e. The van der Waals surface area contributed by atoms with Gasteiger partial charge in [0, 0.05) is 49.7 Å². The fourth-order valence-corrected chi connectivity index (χ4v) is 2.91. The van der Waals surface area contributed by atoms with Crippen molar-refractivity contribution in [3.05, 3.63) is 42.1 Å². The monoisotopic (exact) mass is 370 g/mol. The van der Waals surface area contributed by atoms with E-state index in [9.17, 15) is 9.59 Å². The zero-order chi connectivity index (χ0) is 19.2. The van der Waals surface area contributed by atoms with E-state index in [2.05, 4.69) is 15.2 Å². The number of carbonyl (C=O) groups is 2. The Labute approximate surface area is 157 Å². The van der Waals surface area contributed by atoms with Gasteiger partial charge in [-0.15, -0.1) is 0 Å². The second-order valence-electron chi connectivity index (χ2n) is 6.06. The molecule has 1 fully saturated rings. The third-order valence-corrected chi connectivity index (χ3v) is 4.44. The molecule has 3 rings (SSSR count). The molecule has 0 radical (unpaired) electrons. The topological polar surface area (TPSA) is 84.0 Å². The van der Waals surface area contributed by atoms with Gasteiger partial charge in [-0.25, -0.2) is 4.98 Å². The highest BCUT2D eigenvalue weighted by molar-refractivity contribution is 6.04. The molecule has 1 aliphatic heterocycles. The van der Waals surface area contributed by atoms with Crippen LogP contribution in [0, 0.1) is 0 Å². The third-order valence-electron chi connectivity index (χ3n) is 4.44. The maximum absolute atomic E-state index is 12.6. The van der Waals surface area contributed by atoms with E-state index in [0.717, 1.165) is 12.2 Å².